The third-order valence-electron chi connectivity index (χ3n) is 5.53. The number of rotatable bonds is 2. The Morgan fingerprint density at radius 2 is 1.84 bits per heavy atom. The molecule has 1 fully saturated rings. The van der Waals surface area contributed by atoms with Crippen LogP contribution in [-0.4, -0.2) is 27.4 Å². The maximum absolute atomic E-state index is 12.5. The largest absolute Gasteiger partial charge is 0.338 e. The van der Waals surface area contributed by atoms with E-state index in [1.807, 2.05) is 18.9 Å². The van der Waals surface area contributed by atoms with Crippen LogP contribution in [0, 0.1) is 0 Å². The molecule has 25 heavy (non-hydrogen) atoms. The van der Waals surface area contributed by atoms with Crippen molar-refractivity contribution in [2.24, 2.45) is 0 Å². The Labute approximate surface area is 147 Å². The summed E-state index contributed by atoms with van der Waals surface area (Å²) >= 11 is 0. The summed E-state index contributed by atoms with van der Waals surface area (Å²) in [6, 6.07) is 14.7. The molecule has 1 amide bonds. The van der Waals surface area contributed by atoms with E-state index in [0.29, 0.717) is 12.5 Å². The van der Waals surface area contributed by atoms with Crippen LogP contribution in [0.4, 0.5) is 0 Å². The first-order chi connectivity index (χ1) is 12.1. The number of fused-ring (bicyclic) bond motifs is 2. The van der Waals surface area contributed by atoms with Crippen molar-refractivity contribution >= 4 is 16.7 Å². The van der Waals surface area contributed by atoms with Crippen LogP contribution in [0.2, 0.25) is 0 Å². The van der Waals surface area contributed by atoms with Gasteiger partial charge in [0.25, 0.3) is 0 Å². The van der Waals surface area contributed by atoms with E-state index in [0.717, 1.165) is 11.5 Å². The van der Waals surface area contributed by atoms with E-state index in [9.17, 15) is 4.79 Å². The number of benzene rings is 2. The highest BCUT2D eigenvalue weighted by Crippen LogP contribution is 2.44. The molecule has 0 N–H and O–H groups in total. The molecule has 2 aromatic carbocycles. The minimum atomic E-state index is -0.166. The minimum absolute atomic E-state index is 0.166. The molecule has 126 valence electrons. The normalized spacial score (nSPS) is 20.2. The molecule has 0 bridgehead atoms. The van der Waals surface area contributed by atoms with E-state index in [-0.39, 0.29) is 11.9 Å². The molecular formula is C21H21N3O. The summed E-state index contributed by atoms with van der Waals surface area (Å²) in [5.74, 6) is 1.80. The van der Waals surface area contributed by atoms with Crippen molar-refractivity contribution < 1.29 is 4.79 Å². The summed E-state index contributed by atoms with van der Waals surface area (Å²) in [6.45, 7) is 2.63. The van der Waals surface area contributed by atoms with E-state index < -0.39 is 0 Å². The van der Waals surface area contributed by atoms with Gasteiger partial charge in [-0.2, -0.15) is 0 Å². The van der Waals surface area contributed by atoms with Crippen LogP contribution in [0.1, 0.15) is 43.2 Å². The molecule has 0 unspecified atom stereocenters. The Bertz CT molecular complexity index is 994. The lowest BCUT2D eigenvalue weighted by Crippen LogP contribution is -2.39. The zero-order valence-electron chi connectivity index (χ0n) is 14.6. The Morgan fingerprint density at radius 1 is 1.08 bits per heavy atom. The van der Waals surface area contributed by atoms with Gasteiger partial charge >= 0.3 is 0 Å². The fourth-order valence-corrected chi connectivity index (χ4v) is 4.08. The Hall–Kier alpha value is -2.62. The number of carbonyl (C=O) groups excluding carboxylic acids is 1. The second-order valence-electron chi connectivity index (χ2n) is 7.31. The van der Waals surface area contributed by atoms with Crippen molar-refractivity contribution in [1.29, 1.82) is 0 Å². The summed E-state index contributed by atoms with van der Waals surface area (Å²) in [5.41, 5.74) is 3.39. The van der Waals surface area contributed by atoms with E-state index in [4.69, 9.17) is 4.98 Å². The van der Waals surface area contributed by atoms with Crippen molar-refractivity contribution in [3.05, 3.63) is 54.0 Å². The lowest BCUT2D eigenvalue weighted by molar-refractivity contribution is -0.135. The molecular weight excluding hydrogens is 310 g/mol. The molecule has 4 nitrogen and oxygen atoms in total. The second-order valence-corrected chi connectivity index (χ2v) is 7.31. The molecule has 3 aromatic rings. The van der Waals surface area contributed by atoms with Gasteiger partial charge < -0.3 is 9.47 Å². The third-order valence-corrected chi connectivity index (χ3v) is 5.53. The molecule has 1 aliphatic carbocycles. The number of hydrogen-bond donors (Lipinski definition) is 0. The van der Waals surface area contributed by atoms with Crippen molar-refractivity contribution in [1.82, 2.24) is 14.5 Å². The van der Waals surface area contributed by atoms with Crippen LogP contribution in [0.15, 0.2) is 42.5 Å². The summed E-state index contributed by atoms with van der Waals surface area (Å²) < 4.78 is 2.22. The first-order valence-corrected chi connectivity index (χ1v) is 8.99. The maximum atomic E-state index is 12.5. The fourth-order valence-electron chi connectivity index (χ4n) is 4.08. The summed E-state index contributed by atoms with van der Waals surface area (Å²) in [6.07, 6.45) is 2.37. The van der Waals surface area contributed by atoms with Gasteiger partial charge in [-0.05, 0) is 30.5 Å². The van der Waals surface area contributed by atoms with Gasteiger partial charge in [0.1, 0.15) is 11.9 Å². The second kappa shape index (κ2) is 5.19. The fraction of sp³-hybridized carbons (Fsp3) is 0.333. The SMILES string of the molecule is C[C@@H]1C(=O)N(C)Cc2c(-c3cccc4ccccc34)nc(C3CC3)n21. The molecule has 4 heteroatoms. The van der Waals surface area contributed by atoms with E-state index in [1.54, 1.807) is 0 Å². The maximum Gasteiger partial charge on any atom is 0.245 e. The molecule has 2 aliphatic rings. The van der Waals surface area contributed by atoms with Crippen molar-refractivity contribution in [3.8, 4) is 11.3 Å². The van der Waals surface area contributed by atoms with E-state index in [2.05, 4.69) is 47.0 Å². The third kappa shape index (κ3) is 2.13. The number of nitrogens with zero attached hydrogens (tertiary/aromatic N) is 3. The number of hydrogen-bond acceptors (Lipinski definition) is 2. The summed E-state index contributed by atoms with van der Waals surface area (Å²) in [5, 5.41) is 2.45. The lowest BCUT2D eigenvalue weighted by Gasteiger charge is -2.31. The van der Waals surface area contributed by atoms with Crippen LogP contribution < -0.4 is 0 Å². The van der Waals surface area contributed by atoms with Gasteiger partial charge in [0.2, 0.25) is 5.91 Å². The van der Waals surface area contributed by atoms with Crippen LogP contribution >= 0.6 is 0 Å². The molecule has 1 aromatic heterocycles. The molecule has 1 atom stereocenters. The molecule has 2 heterocycles. The first kappa shape index (κ1) is 14.7. The predicted molar refractivity (Wildman–Crippen MR) is 98.3 cm³/mol. The smallest absolute Gasteiger partial charge is 0.245 e. The van der Waals surface area contributed by atoms with E-state index in [1.165, 1.54) is 34.9 Å². The van der Waals surface area contributed by atoms with Gasteiger partial charge in [0.05, 0.1) is 17.9 Å². The highest BCUT2D eigenvalue weighted by Gasteiger charge is 2.38. The van der Waals surface area contributed by atoms with Gasteiger partial charge in [0, 0.05) is 18.5 Å². The topological polar surface area (TPSA) is 38.1 Å². The van der Waals surface area contributed by atoms with Gasteiger partial charge in [0.15, 0.2) is 0 Å². The number of imidazole rings is 1. The summed E-state index contributed by atoms with van der Waals surface area (Å²) in [7, 11) is 1.89. The standard InChI is InChI=1S/C21H21N3O/c1-13-21(25)23(2)12-18-19(22-20(24(13)18)15-10-11-15)17-9-5-7-14-6-3-4-8-16(14)17/h3-9,13,15H,10-12H2,1-2H3/t13-/m1/s1. The van der Waals surface area contributed by atoms with Crippen molar-refractivity contribution in [2.75, 3.05) is 7.05 Å². The van der Waals surface area contributed by atoms with Crippen molar-refractivity contribution in [3.63, 3.8) is 0 Å². The molecule has 5 rings (SSSR count). The Balaban J connectivity index is 1.79. The van der Waals surface area contributed by atoms with Gasteiger partial charge in [-0.25, -0.2) is 4.98 Å². The number of aromatic nitrogens is 2. The predicted octanol–water partition coefficient (Wildman–Crippen LogP) is 4.11. The monoisotopic (exact) mass is 331 g/mol. The number of carbonyl (C=O) groups is 1. The average molecular weight is 331 g/mol. The Kier molecular flexibility index (Phi) is 3.05. The molecule has 0 saturated heterocycles. The van der Waals surface area contributed by atoms with Crippen molar-refractivity contribution in [2.45, 2.75) is 38.3 Å². The van der Waals surface area contributed by atoms with Crippen LogP contribution in [0.25, 0.3) is 22.0 Å². The highest BCUT2D eigenvalue weighted by molar-refractivity contribution is 5.96. The number of likely N-dealkylation sites (N-methyl/N-ethyl adjacent to an activating group) is 1. The van der Waals surface area contributed by atoms with E-state index >= 15 is 0 Å². The molecule has 0 radical (unpaired) electrons. The van der Waals surface area contributed by atoms with Gasteiger partial charge in [-0.1, -0.05) is 42.5 Å². The van der Waals surface area contributed by atoms with Gasteiger partial charge in [-0.15, -0.1) is 0 Å². The minimum Gasteiger partial charge on any atom is -0.338 e. The molecule has 1 saturated carbocycles. The lowest BCUT2D eigenvalue weighted by atomic mass is 10.0. The molecule has 0 spiro atoms. The molecule has 1 aliphatic heterocycles. The highest BCUT2D eigenvalue weighted by atomic mass is 16.2. The van der Waals surface area contributed by atoms with Crippen LogP contribution in [0.5, 0.6) is 0 Å². The number of amides is 1. The summed E-state index contributed by atoms with van der Waals surface area (Å²) in [4.78, 5) is 19.4. The zero-order chi connectivity index (χ0) is 17.1. The van der Waals surface area contributed by atoms with Gasteiger partial charge in [-0.3, -0.25) is 4.79 Å². The Morgan fingerprint density at radius 3 is 2.64 bits per heavy atom. The zero-order valence-corrected chi connectivity index (χ0v) is 14.6. The van der Waals surface area contributed by atoms with Crippen LogP contribution in [-0.2, 0) is 11.3 Å². The van der Waals surface area contributed by atoms with Crippen LogP contribution in [0.3, 0.4) is 0 Å². The average Bonchev–Trinajstić information content (AvgIpc) is 3.41. The first-order valence-electron chi connectivity index (χ1n) is 8.99. The quantitative estimate of drug-likeness (QED) is 0.708.